The van der Waals surface area contributed by atoms with E-state index in [0.717, 1.165) is 22.3 Å². The maximum atomic E-state index is 12.8. The third-order valence-corrected chi connectivity index (χ3v) is 5.20. The van der Waals surface area contributed by atoms with Crippen LogP contribution in [-0.4, -0.2) is 49.6 Å². The van der Waals surface area contributed by atoms with Crippen molar-refractivity contribution in [2.45, 2.75) is 6.54 Å². The van der Waals surface area contributed by atoms with E-state index in [0.29, 0.717) is 29.3 Å². The Bertz CT molecular complexity index is 1190. The number of hydrogen-bond donors (Lipinski definition) is 2. The molecule has 1 aliphatic rings. The zero-order valence-corrected chi connectivity index (χ0v) is 18.5. The van der Waals surface area contributed by atoms with E-state index in [1.54, 1.807) is 50.4 Å². The summed E-state index contributed by atoms with van der Waals surface area (Å²) in [6, 6.07) is 18.4. The van der Waals surface area contributed by atoms with Gasteiger partial charge in [-0.25, -0.2) is 0 Å². The molecular formula is C25H24N2O6. The van der Waals surface area contributed by atoms with Crippen LogP contribution < -0.4 is 14.8 Å². The Morgan fingerprint density at radius 2 is 1.76 bits per heavy atom. The predicted octanol–water partition coefficient (Wildman–Crippen LogP) is 3.91. The Kier molecular flexibility index (Phi) is 7.30. The second-order valence-electron chi connectivity index (χ2n) is 7.24. The fourth-order valence-electron chi connectivity index (χ4n) is 3.58. The zero-order valence-electron chi connectivity index (χ0n) is 18.5. The average Bonchev–Trinajstić information content (AvgIpc) is 3.12. The van der Waals surface area contributed by atoms with Gasteiger partial charge in [0.05, 0.1) is 19.9 Å². The maximum absolute atomic E-state index is 12.8. The second kappa shape index (κ2) is 10.3. The molecule has 0 aliphatic carbocycles. The molecule has 8 heteroatoms. The van der Waals surface area contributed by atoms with E-state index in [2.05, 4.69) is 5.32 Å². The van der Waals surface area contributed by atoms with E-state index >= 15 is 0 Å². The molecule has 2 N–H and O–H groups in total. The molecule has 3 aromatic rings. The number of nitrogens with zero attached hydrogens (tertiary/aromatic N) is 1. The molecule has 0 spiro atoms. The summed E-state index contributed by atoms with van der Waals surface area (Å²) in [4.78, 5) is 35.0. The quantitative estimate of drug-likeness (QED) is 0.574. The molecule has 1 heterocycles. The van der Waals surface area contributed by atoms with E-state index in [9.17, 15) is 9.59 Å². The van der Waals surface area contributed by atoms with Gasteiger partial charge in [-0.3, -0.25) is 14.4 Å². The van der Waals surface area contributed by atoms with Crippen LogP contribution in [0.4, 0.5) is 5.69 Å². The minimum absolute atomic E-state index is 0.0399. The Hall–Kier alpha value is -4.33. The summed E-state index contributed by atoms with van der Waals surface area (Å²) >= 11 is 0. The van der Waals surface area contributed by atoms with Crippen LogP contribution in [0.15, 0.2) is 60.7 Å². The monoisotopic (exact) mass is 448 g/mol. The van der Waals surface area contributed by atoms with Gasteiger partial charge < -0.3 is 24.8 Å². The number of carboxylic acid groups (broad SMARTS) is 1. The number of carbonyl (C=O) groups is 3. The standard InChI is InChI=1S/C24H22N2O4.CH2O2/c1-26-14-18-12-16(7-9-20(18)24(26)28)15-5-4-6-17(11-15)23(27)25-21-10-8-19(29-2)13-22(21)30-3;2-1-3/h4-13H,14H2,1-3H3,(H,25,27);1H,(H,2,3). The van der Waals surface area contributed by atoms with Gasteiger partial charge in [0.2, 0.25) is 0 Å². The number of methoxy groups -OCH3 is 2. The van der Waals surface area contributed by atoms with Crippen molar-refractivity contribution in [3.05, 3.63) is 77.4 Å². The van der Waals surface area contributed by atoms with E-state index in [-0.39, 0.29) is 18.3 Å². The van der Waals surface area contributed by atoms with Crippen LogP contribution in [0.1, 0.15) is 26.3 Å². The second-order valence-corrected chi connectivity index (χ2v) is 7.24. The van der Waals surface area contributed by atoms with Gasteiger partial charge in [-0.2, -0.15) is 0 Å². The molecule has 33 heavy (non-hydrogen) atoms. The first-order chi connectivity index (χ1) is 15.9. The first-order valence-corrected chi connectivity index (χ1v) is 10.0. The SMILES string of the molecule is COc1ccc(NC(=O)c2cccc(-c3ccc4c(c3)CN(C)C4=O)c2)c(OC)c1.O=CO. The molecule has 0 saturated heterocycles. The Morgan fingerprint density at radius 3 is 2.45 bits per heavy atom. The molecule has 170 valence electrons. The topological polar surface area (TPSA) is 105 Å². The van der Waals surface area contributed by atoms with Crippen molar-refractivity contribution in [3.8, 4) is 22.6 Å². The molecule has 2 amide bonds. The number of hydrogen-bond acceptors (Lipinski definition) is 5. The van der Waals surface area contributed by atoms with Gasteiger partial charge in [0.25, 0.3) is 18.3 Å². The number of ether oxygens (including phenoxy) is 2. The molecule has 0 bridgehead atoms. The molecular weight excluding hydrogens is 424 g/mol. The number of benzene rings is 3. The van der Waals surface area contributed by atoms with Crippen LogP contribution in [0.2, 0.25) is 0 Å². The number of amides is 2. The first-order valence-electron chi connectivity index (χ1n) is 10.0. The summed E-state index contributed by atoms with van der Waals surface area (Å²) in [5.41, 5.74) is 4.70. The van der Waals surface area contributed by atoms with Crippen LogP contribution in [0.5, 0.6) is 11.5 Å². The van der Waals surface area contributed by atoms with Crippen molar-refractivity contribution in [1.29, 1.82) is 0 Å². The summed E-state index contributed by atoms with van der Waals surface area (Å²) in [7, 11) is 4.91. The lowest BCUT2D eigenvalue weighted by atomic mass is 9.99. The Balaban J connectivity index is 0.000000968. The van der Waals surface area contributed by atoms with Crippen LogP contribution in [0, 0.1) is 0 Å². The van der Waals surface area contributed by atoms with Crippen molar-refractivity contribution in [3.63, 3.8) is 0 Å². The smallest absolute Gasteiger partial charge is 0.290 e. The summed E-state index contributed by atoms with van der Waals surface area (Å²) in [5, 5.41) is 9.78. The van der Waals surface area contributed by atoms with Gasteiger partial charge in [-0.1, -0.05) is 18.2 Å². The first kappa shape index (κ1) is 23.3. The highest BCUT2D eigenvalue weighted by Crippen LogP contribution is 2.31. The van der Waals surface area contributed by atoms with Gasteiger partial charge in [-0.05, 0) is 53.1 Å². The van der Waals surface area contributed by atoms with Gasteiger partial charge in [-0.15, -0.1) is 0 Å². The highest BCUT2D eigenvalue weighted by atomic mass is 16.5. The van der Waals surface area contributed by atoms with Crippen LogP contribution in [0.25, 0.3) is 11.1 Å². The fourth-order valence-corrected chi connectivity index (χ4v) is 3.58. The molecule has 8 nitrogen and oxygen atoms in total. The van der Waals surface area contributed by atoms with Gasteiger partial charge in [0, 0.05) is 30.8 Å². The third kappa shape index (κ3) is 5.12. The molecule has 0 aromatic heterocycles. The van der Waals surface area contributed by atoms with Crippen LogP contribution in [-0.2, 0) is 11.3 Å². The minimum atomic E-state index is -0.250. The van der Waals surface area contributed by atoms with Crippen molar-refractivity contribution in [1.82, 2.24) is 4.90 Å². The zero-order chi connectivity index (χ0) is 24.0. The van der Waals surface area contributed by atoms with Gasteiger partial charge in [0.1, 0.15) is 11.5 Å². The average molecular weight is 448 g/mol. The molecule has 0 fully saturated rings. The number of rotatable bonds is 5. The lowest BCUT2D eigenvalue weighted by Gasteiger charge is -2.12. The number of carbonyl (C=O) groups excluding carboxylic acids is 2. The number of anilines is 1. The molecule has 0 unspecified atom stereocenters. The minimum Gasteiger partial charge on any atom is -0.497 e. The lowest BCUT2D eigenvalue weighted by Crippen LogP contribution is -2.17. The van der Waals surface area contributed by atoms with E-state index in [1.807, 2.05) is 36.4 Å². The Morgan fingerprint density at radius 1 is 1.03 bits per heavy atom. The van der Waals surface area contributed by atoms with Gasteiger partial charge >= 0.3 is 0 Å². The number of nitrogens with one attached hydrogen (secondary N) is 1. The molecule has 0 radical (unpaired) electrons. The molecule has 0 saturated carbocycles. The fraction of sp³-hybridized carbons (Fsp3) is 0.160. The largest absolute Gasteiger partial charge is 0.497 e. The van der Waals surface area contributed by atoms with Gasteiger partial charge in [0.15, 0.2) is 0 Å². The predicted molar refractivity (Wildman–Crippen MR) is 124 cm³/mol. The van der Waals surface area contributed by atoms with Crippen molar-refractivity contribution >= 4 is 24.0 Å². The highest BCUT2D eigenvalue weighted by Gasteiger charge is 2.24. The van der Waals surface area contributed by atoms with Crippen molar-refractivity contribution in [2.24, 2.45) is 0 Å². The summed E-state index contributed by atoms with van der Waals surface area (Å²) in [6.07, 6.45) is 0. The van der Waals surface area contributed by atoms with E-state index in [1.165, 1.54) is 0 Å². The van der Waals surface area contributed by atoms with Crippen LogP contribution in [0.3, 0.4) is 0 Å². The molecule has 0 atom stereocenters. The lowest BCUT2D eigenvalue weighted by molar-refractivity contribution is -0.122. The summed E-state index contributed by atoms with van der Waals surface area (Å²) in [5.74, 6) is 0.966. The summed E-state index contributed by atoms with van der Waals surface area (Å²) in [6.45, 7) is 0.347. The Labute approximate surface area is 191 Å². The van der Waals surface area contributed by atoms with Crippen molar-refractivity contribution in [2.75, 3.05) is 26.6 Å². The maximum Gasteiger partial charge on any atom is 0.290 e. The van der Waals surface area contributed by atoms with E-state index < -0.39 is 0 Å². The van der Waals surface area contributed by atoms with E-state index in [4.69, 9.17) is 19.4 Å². The van der Waals surface area contributed by atoms with Crippen LogP contribution >= 0.6 is 0 Å². The molecule has 1 aliphatic heterocycles. The highest BCUT2D eigenvalue weighted by molar-refractivity contribution is 6.06. The molecule has 3 aromatic carbocycles. The third-order valence-electron chi connectivity index (χ3n) is 5.20. The molecule has 4 rings (SSSR count). The number of fused-ring (bicyclic) bond motifs is 1. The normalized spacial score (nSPS) is 11.7. The summed E-state index contributed by atoms with van der Waals surface area (Å²) < 4.78 is 10.5. The van der Waals surface area contributed by atoms with Crippen molar-refractivity contribution < 1.29 is 29.0 Å².